The Labute approximate surface area is 146 Å². The molecule has 0 aliphatic carbocycles. The number of sulfonamides is 1. The molecule has 1 aromatic heterocycles. The van der Waals surface area contributed by atoms with Crippen molar-refractivity contribution >= 4 is 10.0 Å². The van der Waals surface area contributed by atoms with Crippen LogP contribution in [0.1, 0.15) is 11.1 Å². The maximum atomic E-state index is 13.3. The van der Waals surface area contributed by atoms with Crippen LogP contribution in [0.3, 0.4) is 0 Å². The molecule has 0 aliphatic rings. The lowest BCUT2D eigenvalue weighted by molar-refractivity contribution is 0.577. The van der Waals surface area contributed by atoms with Crippen molar-refractivity contribution in [3.63, 3.8) is 0 Å². The predicted molar refractivity (Wildman–Crippen MR) is 94.8 cm³/mol. The van der Waals surface area contributed by atoms with Gasteiger partial charge in [-0.25, -0.2) is 17.5 Å². The third-order valence-corrected chi connectivity index (χ3v) is 5.17. The van der Waals surface area contributed by atoms with Crippen LogP contribution in [0.15, 0.2) is 71.8 Å². The molecular formula is C19H17FN2O2S. The molecule has 0 atom stereocenters. The van der Waals surface area contributed by atoms with Crippen LogP contribution >= 0.6 is 0 Å². The Hall–Kier alpha value is -2.57. The van der Waals surface area contributed by atoms with Crippen LogP contribution in [-0.4, -0.2) is 13.4 Å². The van der Waals surface area contributed by atoms with E-state index in [1.807, 2.05) is 37.3 Å². The van der Waals surface area contributed by atoms with E-state index in [4.69, 9.17) is 0 Å². The van der Waals surface area contributed by atoms with Gasteiger partial charge < -0.3 is 0 Å². The van der Waals surface area contributed by atoms with Crippen molar-refractivity contribution in [2.45, 2.75) is 18.4 Å². The molecule has 1 N–H and O–H groups in total. The highest BCUT2D eigenvalue weighted by Crippen LogP contribution is 2.22. The summed E-state index contributed by atoms with van der Waals surface area (Å²) in [6, 6.07) is 16.3. The standard InChI is InChI=1S/C19H17FN2O2S/c1-14-7-9-15(10-8-14)19-16(4-3-11-21-19)13-22-25(23,24)18-6-2-5-17(20)12-18/h2-12,22H,13H2,1H3. The minimum absolute atomic E-state index is 0.0654. The minimum Gasteiger partial charge on any atom is -0.256 e. The van der Waals surface area contributed by atoms with E-state index in [0.29, 0.717) is 5.69 Å². The molecule has 4 nitrogen and oxygen atoms in total. The van der Waals surface area contributed by atoms with Crippen LogP contribution in [0.25, 0.3) is 11.3 Å². The number of nitrogens with zero attached hydrogens (tertiary/aromatic N) is 1. The number of hydrogen-bond donors (Lipinski definition) is 1. The Kier molecular flexibility index (Phi) is 4.92. The highest BCUT2D eigenvalue weighted by Gasteiger charge is 2.16. The van der Waals surface area contributed by atoms with E-state index >= 15 is 0 Å². The first-order valence-electron chi connectivity index (χ1n) is 7.72. The van der Waals surface area contributed by atoms with Gasteiger partial charge in [0.25, 0.3) is 0 Å². The lowest BCUT2D eigenvalue weighted by Gasteiger charge is -2.11. The SMILES string of the molecule is Cc1ccc(-c2ncccc2CNS(=O)(=O)c2cccc(F)c2)cc1. The van der Waals surface area contributed by atoms with E-state index in [1.165, 1.54) is 18.2 Å². The fourth-order valence-electron chi connectivity index (χ4n) is 2.44. The van der Waals surface area contributed by atoms with E-state index in [2.05, 4.69) is 9.71 Å². The van der Waals surface area contributed by atoms with Crippen LogP contribution in [0.2, 0.25) is 0 Å². The second-order valence-corrected chi connectivity index (χ2v) is 7.43. The van der Waals surface area contributed by atoms with E-state index in [-0.39, 0.29) is 11.4 Å². The van der Waals surface area contributed by atoms with Gasteiger partial charge in [-0.3, -0.25) is 4.98 Å². The van der Waals surface area contributed by atoms with Gasteiger partial charge in [0.05, 0.1) is 10.6 Å². The van der Waals surface area contributed by atoms with Gasteiger partial charge in [-0.1, -0.05) is 42.0 Å². The molecule has 0 saturated heterocycles. The molecule has 0 spiro atoms. The van der Waals surface area contributed by atoms with Crippen LogP contribution < -0.4 is 4.72 Å². The Bertz CT molecular complexity index is 986. The molecule has 0 saturated carbocycles. The van der Waals surface area contributed by atoms with Crippen molar-refractivity contribution in [1.29, 1.82) is 0 Å². The Morgan fingerprint density at radius 2 is 1.80 bits per heavy atom. The van der Waals surface area contributed by atoms with E-state index in [9.17, 15) is 12.8 Å². The molecular weight excluding hydrogens is 339 g/mol. The lowest BCUT2D eigenvalue weighted by Crippen LogP contribution is -2.23. The molecule has 3 rings (SSSR count). The molecule has 0 aliphatic heterocycles. The summed E-state index contributed by atoms with van der Waals surface area (Å²) in [5.41, 5.74) is 3.50. The van der Waals surface area contributed by atoms with Gasteiger partial charge in [0.15, 0.2) is 0 Å². The van der Waals surface area contributed by atoms with Crippen molar-refractivity contribution in [2.75, 3.05) is 0 Å². The van der Waals surface area contributed by atoms with Gasteiger partial charge in [0.2, 0.25) is 10.0 Å². The smallest absolute Gasteiger partial charge is 0.240 e. The second-order valence-electron chi connectivity index (χ2n) is 5.66. The van der Waals surface area contributed by atoms with Gasteiger partial charge in [-0.15, -0.1) is 0 Å². The fraction of sp³-hybridized carbons (Fsp3) is 0.105. The Morgan fingerprint density at radius 1 is 1.04 bits per heavy atom. The maximum absolute atomic E-state index is 13.3. The van der Waals surface area contributed by atoms with Crippen molar-refractivity contribution in [2.24, 2.45) is 0 Å². The number of hydrogen-bond acceptors (Lipinski definition) is 3. The van der Waals surface area contributed by atoms with Gasteiger partial charge in [-0.05, 0) is 36.8 Å². The first-order chi connectivity index (χ1) is 12.0. The number of aryl methyl sites for hydroxylation is 1. The zero-order valence-corrected chi connectivity index (χ0v) is 14.4. The number of pyridine rings is 1. The van der Waals surface area contributed by atoms with Gasteiger partial charge >= 0.3 is 0 Å². The van der Waals surface area contributed by atoms with E-state index < -0.39 is 15.8 Å². The van der Waals surface area contributed by atoms with Crippen molar-refractivity contribution < 1.29 is 12.8 Å². The summed E-state index contributed by atoms with van der Waals surface area (Å²) in [6.07, 6.45) is 1.67. The van der Waals surface area contributed by atoms with Crippen molar-refractivity contribution in [3.05, 3.63) is 83.8 Å². The summed E-state index contributed by atoms with van der Waals surface area (Å²) in [5.74, 6) is -0.593. The average Bonchev–Trinajstić information content (AvgIpc) is 2.61. The van der Waals surface area contributed by atoms with Crippen LogP contribution in [0, 0.1) is 12.7 Å². The topological polar surface area (TPSA) is 59.1 Å². The zero-order chi connectivity index (χ0) is 17.9. The minimum atomic E-state index is -3.80. The molecule has 0 radical (unpaired) electrons. The fourth-order valence-corrected chi connectivity index (χ4v) is 3.48. The molecule has 128 valence electrons. The zero-order valence-electron chi connectivity index (χ0n) is 13.6. The third-order valence-electron chi connectivity index (χ3n) is 3.78. The maximum Gasteiger partial charge on any atom is 0.240 e. The normalized spacial score (nSPS) is 11.4. The summed E-state index contributed by atoms with van der Waals surface area (Å²) < 4.78 is 40.5. The van der Waals surface area contributed by atoms with Gasteiger partial charge in [-0.2, -0.15) is 0 Å². The highest BCUT2D eigenvalue weighted by atomic mass is 32.2. The third kappa shape index (κ3) is 4.10. The lowest BCUT2D eigenvalue weighted by atomic mass is 10.0. The molecule has 3 aromatic rings. The largest absolute Gasteiger partial charge is 0.256 e. The van der Waals surface area contributed by atoms with Crippen LogP contribution in [0.5, 0.6) is 0 Å². The number of rotatable bonds is 5. The van der Waals surface area contributed by atoms with Crippen molar-refractivity contribution in [1.82, 2.24) is 9.71 Å². The second kappa shape index (κ2) is 7.13. The molecule has 0 amide bonds. The molecule has 0 fully saturated rings. The molecule has 0 unspecified atom stereocenters. The van der Waals surface area contributed by atoms with Crippen molar-refractivity contribution in [3.8, 4) is 11.3 Å². The molecule has 2 aromatic carbocycles. The average molecular weight is 356 g/mol. The summed E-state index contributed by atoms with van der Waals surface area (Å²) >= 11 is 0. The number of nitrogens with one attached hydrogen (secondary N) is 1. The predicted octanol–water partition coefficient (Wildman–Crippen LogP) is 3.67. The summed E-state index contributed by atoms with van der Waals surface area (Å²) in [7, 11) is -3.80. The van der Waals surface area contributed by atoms with Crippen LogP contribution in [-0.2, 0) is 16.6 Å². The summed E-state index contributed by atoms with van der Waals surface area (Å²) in [6.45, 7) is 2.06. The first kappa shape index (κ1) is 17.3. The van der Waals surface area contributed by atoms with Crippen LogP contribution in [0.4, 0.5) is 4.39 Å². The van der Waals surface area contributed by atoms with Gasteiger partial charge in [0, 0.05) is 18.3 Å². The molecule has 25 heavy (non-hydrogen) atoms. The Balaban J connectivity index is 1.86. The number of aromatic nitrogens is 1. The van der Waals surface area contributed by atoms with E-state index in [1.54, 1.807) is 12.3 Å². The quantitative estimate of drug-likeness (QED) is 0.759. The van der Waals surface area contributed by atoms with E-state index in [0.717, 1.165) is 22.8 Å². The summed E-state index contributed by atoms with van der Waals surface area (Å²) in [4.78, 5) is 4.27. The molecule has 0 bridgehead atoms. The Morgan fingerprint density at radius 3 is 2.52 bits per heavy atom. The number of benzene rings is 2. The first-order valence-corrected chi connectivity index (χ1v) is 9.20. The number of halogens is 1. The monoisotopic (exact) mass is 356 g/mol. The van der Waals surface area contributed by atoms with Gasteiger partial charge in [0.1, 0.15) is 5.82 Å². The molecule has 1 heterocycles. The summed E-state index contributed by atoms with van der Waals surface area (Å²) in [5, 5.41) is 0. The highest BCUT2D eigenvalue weighted by molar-refractivity contribution is 7.89. The molecule has 6 heteroatoms.